The van der Waals surface area contributed by atoms with E-state index in [1.54, 1.807) is 21.8 Å². The molecule has 8 heterocycles. The van der Waals surface area contributed by atoms with Crippen molar-refractivity contribution in [1.29, 1.82) is 5.26 Å². The van der Waals surface area contributed by atoms with Crippen LogP contribution in [0.4, 0.5) is 5.82 Å². The fourth-order valence-electron chi connectivity index (χ4n) is 10.9. The first-order valence-electron chi connectivity index (χ1n) is 24.1. The number of imide groups is 1. The van der Waals surface area contributed by atoms with Crippen molar-refractivity contribution >= 4 is 40.9 Å². The number of carbonyl (C=O) groups excluding carboxylic acids is 5. The van der Waals surface area contributed by atoms with E-state index in [1.807, 2.05) is 48.4 Å². The van der Waals surface area contributed by atoms with E-state index in [2.05, 4.69) is 42.6 Å². The third-order valence-electron chi connectivity index (χ3n) is 15.0. The highest BCUT2D eigenvalue weighted by molar-refractivity contribution is 6.05. The van der Waals surface area contributed by atoms with Crippen LogP contribution in [0, 0.1) is 17.2 Å². The van der Waals surface area contributed by atoms with Gasteiger partial charge in [-0.15, -0.1) is 0 Å². The maximum atomic E-state index is 13.5. The molecule has 3 aromatic heterocycles. The number of piperazine rings is 1. The van der Waals surface area contributed by atoms with Crippen LogP contribution in [0.25, 0.3) is 16.6 Å². The number of ether oxygens (including phenoxy) is 1. The molecule has 1 aromatic carbocycles. The lowest BCUT2D eigenvalue weighted by Crippen LogP contribution is -2.63. The first-order valence-corrected chi connectivity index (χ1v) is 24.1. The number of hydrogen-bond acceptors (Lipinski definition) is 12. The Balaban J connectivity index is 0.694. The predicted molar refractivity (Wildman–Crippen MR) is 248 cm³/mol. The monoisotopic (exact) mass is 909 g/mol. The van der Waals surface area contributed by atoms with Crippen molar-refractivity contribution < 1.29 is 28.7 Å². The fourth-order valence-corrected chi connectivity index (χ4v) is 10.9. The number of nitrogens with zero attached hydrogens (tertiary/aromatic N) is 9. The number of hydrogen-bond donors (Lipinski definition) is 2. The van der Waals surface area contributed by atoms with Gasteiger partial charge in [-0.05, 0) is 106 Å². The van der Waals surface area contributed by atoms with Gasteiger partial charge in [0.15, 0.2) is 0 Å². The Bertz CT molecular complexity index is 2600. The highest BCUT2D eigenvalue weighted by Crippen LogP contribution is 2.36. The number of benzene rings is 1. The zero-order valence-electron chi connectivity index (χ0n) is 38.3. The maximum Gasteiger partial charge on any atom is 0.255 e. The average molecular weight is 910 g/mol. The van der Waals surface area contributed by atoms with Crippen LogP contribution < -0.4 is 20.3 Å². The standard InChI is InChI=1S/C50H59N11O6/c1-2-67-39-26-40(46-38(27-51)29-53-61(46)31-39)36-7-9-43(52-28-36)58-19-14-50(15-20-58,55-47(64)34-3-4-34)32-57-21-23-59(24-22-57)45(63)13-18-56-16-11-33(12-17-56)35-5-6-37-30-60(49(66)41(37)25-35)42-8-10-44(62)54-48(42)65/h5-7,9,25-26,28-29,31,33-34,42H,2-4,8,10-24,30,32H2,1H3,(H,55,64)(H,54,62,65). The summed E-state index contributed by atoms with van der Waals surface area (Å²) in [6, 6.07) is 13.8. The number of nitrogens with one attached hydrogen (secondary N) is 2. The topological polar surface area (TPSA) is 189 Å². The predicted octanol–water partition coefficient (Wildman–Crippen LogP) is 3.71. The van der Waals surface area contributed by atoms with E-state index < -0.39 is 11.9 Å². The quantitative estimate of drug-likeness (QED) is 0.186. The summed E-state index contributed by atoms with van der Waals surface area (Å²) in [4.78, 5) is 80.0. The summed E-state index contributed by atoms with van der Waals surface area (Å²) >= 11 is 0. The summed E-state index contributed by atoms with van der Waals surface area (Å²) in [5.74, 6) is 1.48. The Morgan fingerprint density at radius 1 is 0.910 bits per heavy atom. The van der Waals surface area contributed by atoms with Crippen LogP contribution in [0.2, 0.25) is 0 Å². The van der Waals surface area contributed by atoms with E-state index in [0.717, 1.165) is 119 Å². The highest BCUT2D eigenvalue weighted by Gasteiger charge is 2.43. The van der Waals surface area contributed by atoms with E-state index in [0.29, 0.717) is 67.4 Å². The highest BCUT2D eigenvalue weighted by atomic mass is 16.5. The normalized spacial score (nSPS) is 21.6. The van der Waals surface area contributed by atoms with Crippen molar-refractivity contribution in [3.8, 4) is 22.9 Å². The molecule has 1 saturated carbocycles. The van der Waals surface area contributed by atoms with Crippen LogP contribution in [0.3, 0.4) is 0 Å². The smallest absolute Gasteiger partial charge is 0.255 e. The van der Waals surface area contributed by atoms with E-state index >= 15 is 0 Å². The van der Waals surface area contributed by atoms with Crippen LogP contribution in [-0.2, 0) is 25.7 Å². The van der Waals surface area contributed by atoms with Crippen molar-refractivity contribution in [3.05, 3.63) is 77.2 Å². The molecule has 4 aromatic rings. The van der Waals surface area contributed by atoms with Crippen molar-refractivity contribution in [3.63, 3.8) is 0 Å². The van der Waals surface area contributed by atoms with Gasteiger partial charge in [-0.1, -0.05) is 12.1 Å². The van der Waals surface area contributed by atoms with E-state index in [9.17, 15) is 29.2 Å². The molecule has 6 aliphatic rings. The molecule has 0 radical (unpaired) electrons. The molecule has 17 nitrogen and oxygen atoms in total. The number of rotatable bonds is 13. The summed E-state index contributed by atoms with van der Waals surface area (Å²) in [5, 5.41) is 20.1. The van der Waals surface area contributed by atoms with Crippen molar-refractivity contribution in [2.24, 2.45) is 5.92 Å². The van der Waals surface area contributed by atoms with Gasteiger partial charge in [0.2, 0.25) is 23.6 Å². The molecule has 350 valence electrons. The van der Waals surface area contributed by atoms with Crippen molar-refractivity contribution in [2.75, 3.05) is 77.0 Å². The molecular formula is C50H59N11O6. The van der Waals surface area contributed by atoms with Gasteiger partial charge in [-0.2, -0.15) is 10.4 Å². The zero-order valence-corrected chi connectivity index (χ0v) is 38.3. The Labute approximate surface area is 390 Å². The number of pyridine rings is 2. The van der Waals surface area contributed by atoms with E-state index in [4.69, 9.17) is 9.72 Å². The third-order valence-corrected chi connectivity index (χ3v) is 15.0. The second kappa shape index (κ2) is 18.7. The van der Waals surface area contributed by atoms with Crippen molar-refractivity contribution in [1.82, 2.24) is 44.8 Å². The van der Waals surface area contributed by atoms with Crippen molar-refractivity contribution in [2.45, 2.75) is 88.8 Å². The number of aromatic nitrogens is 3. The first kappa shape index (κ1) is 44.5. The zero-order chi connectivity index (χ0) is 46.2. The molecule has 5 aliphatic heterocycles. The van der Waals surface area contributed by atoms with Crippen LogP contribution in [0.15, 0.2) is 55.0 Å². The van der Waals surface area contributed by atoms with Crippen LogP contribution >= 0.6 is 0 Å². The molecule has 2 N–H and O–H groups in total. The minimum atomic E-state index is -0.617. The summed E-state index contributed by atoms with van der Waals surface area (Å²) in [7, 11) is 0. The van der Waals surface area contributed by atoms with Gasteiger partial charge in [-0.25, -0.2) is 9.50 Å². The first-order chi connectivity index (χ1) is 32.6. The van der Waals surface area contributed by atoms with Gasteiger partial charge in [0, 0.05) is 101 Å². The Morgan fingerprint density at radius 2 is 1.70 bits per heavy atom. The van der Waals surface area contributed by atoms with Gasteiger partial charge in [0.1, 0.15) is 23.7 Å². The summed E-state index contributed by atoms with van der Waals surface area (Å²) in [6.45, 7) is 10.4. The molecule has 5 amide bonds. The lowest BCUT2D eigenvalue weighted by Gasteiger charge is -2.47. The van der Waals surface area contributed by atoms with Crippen LogP contribution in [0.1, 0.15) is 97.7 Å². The molecule has 4 saturated heterocycles. The Kier molecular flexibility index (Phi) is 12.4. The van der Waals surface area contributed by atoms with Gasteiger partial charge < -0.3 is 29.7 Å². The molecule has 1 unspecified atom stereocenters. The minimum Gasteiger partial charge on any atom is -0.492 e. The number of piperidine rings is 3. The number of carbonyl (C=O) groups is 5. The van der Waals surface area contributed by atoms with E-state index in [1.165, 1.54) is 0 Å². The van der Waals surface area contributed by atoms with Gasteiger partial charge in [-0.3, -0.25) is 34.2 Å². The second-order valence-electron chi connectivity index (χ2n) is 19.3. The Morgan fingerprint density at radius 3 is 2.40 bits per heavy atom. The lowest BCUT2D eigenvalue weighted by atomic mass is 9.86. The molecule has 17 heteroatoms. The molecule has 10 rings (SSSR count). The number of nitriles is 1. The maximum absolute atomic E-state index is 13.5. The fraction of sp³-hybridized carbons (Fsp3) is 0.520. The minimum absolute atomic E-state index is 0.110. The molecule has 0 bridgehead atoms. The molecule has 5 fully saturated rings. The summed E-state index contributed by atoms with van der Waals surface area (Å²) < 4.78 is 7.49. The average Bonchev–Trinajstić information content (AvgIpc) is 4.05. The Hall–Kier alpha value is -6.38. The van der Waals surface area contributed by atoms with Gasteiger partial charge in [0.25, 0.3) is 5.91 Å². The molecular weight excluding hydrogens is 851 g/mol. The van der Waals surface area contributed by atoms with E-state index in [-0.39, 0.29) is 41.5 Å². The number of fused-ring (bicyclic) bond motifs is 2. The number of likely N-dealkylation sites (tertiary alicyclic amines) is 1. The molecule has 67 heavy (non-hydrogen) atoms. The van der Waals surface area contributed by atoms with Crippen LogP contribution in [0.5, 0.6) is 5.75 Å². The number of anilines is 1. The lowest BCUT2D eigenvalue weighted by molar-refractivity contribution is -0.137. The molecule has 0 spiro atoms. The number of amides is 5. The SMILES string of the molecule is CCOc1cc(-c2ccc(N3CCC(CN4CCN(C(=O)CCN5CCC(c6ccc7c(c6)C(=O)N(C6CCC(=O)NC6=O)C7)CC5)CC4)(NC(=O)C4CC4)CC3)nc2)c2c(C#N)cnn2c1. The van der Waals surface area contributed by atoms with Crippen LogP contribution in [-0.4, -0.2) is 147 Å². The van der Waals surface area contributed by atoms with Gasteiger partial charge >= 0.3 is 0 Å². The van der Waals surface area contributed by atoms with Gasteiger partial charge in [0.05, 0.1) is 35.6 Å². The summed E-state index contributed by atoms with van der Waals surface area (Å²) in [5.41, 5.74) is 5.25. The molecule has 1 atom stereocenters. The second-order valence-corrected chi connectivity index (χ2v) is 19.3. The third kappa shape index (κ3) is 9.33. The summed E-state index contributed by atoms with van der Waals surface area (Å²) in [6.07, 6.45) is 11.6. The largest absolute Gasteiger partial charge is 0.492 e. The molecule has 1 aliphatic carbocycles.